The number of carbonyl (C=O) groups excluding carboxylic acids is 1. The number of alkyl halides is 1. The van der Waals surface area contributed by atoms with Crippen LogP contribution < -0.4 is 5.32 Å². The van der Waals surface area contributed by atoms with Crippen molar-refractivity contribution in [3.05, 3.63) is 63.9 Å². The van der Waals surface area contributed by atoms with Crippen molar-refractivity contribution < 1.29 is 9.18 Å². The van der Waals surface area contributed by atoms with E-state index in [4.69, 9.17) is 0 Å². The molecular weight excluding hydrogens is 401 g/mol. The molecule has 2 aromatic carbocycles. The first kappa shape index (κ1) is 16.2. The van der Waals surface area contributed by atoms with Crippen LogP contribution in [0.4, 0.5) is 10.1 Å². The predicted molar refractivity (Wildman–Crippen MR) is 90.6 cm³/mol. The standard InChI is InChI=1S/C16H14Br2FNO/c17-8-2-4-11-3-1-5-13(9-11)20-16(21)14-10-12(19)6-7-15(14)18/h1,3,5-7,9-10H,2,4,8H2,(H,20,21). The maximum Gasteiger partial charge on any atom is 0.256 e. The summed E-state index contributed by atoms with van der Waals surface area (Å²) < 4.78 is 13.8. The highest BCUT2D eigenvalue weighted by Gasteiger charge is 2.11. The molecule has 0 aromatic heterocycles. The lowest BCUT2D eigenvalue weighted by Crippen LogP contribution is -2.13. The fourth-order valence-electron chi connectivity index (χ4n) is 1.95. The predicted octanol–water partition coefficient (Wildman–Crippen LogP) is 5.17. The molecule has 5 heteroatoms. The zero-order valence-electron chi connectivity index (χ0n) is 11.2. The fraction of sp³-hybridized carbons (Fsp3) is 0.188. The van der Waals surface area contributed by atoms with Gasteiger partial charge in [-0.05, 0) is 64.7 Å². The molecule has 0 atom stereocenters. The summed E-state index contributed by atoms with van der Waals surface area (Å²) in [5.41, 5.74) is 2.15. The van der Waals surface area contributed by atoms with Crippen LogP contribution in [0.3, 0.4) is 0 Å². The van der Waals surface area contributed by atoms with Crippen molar-refractivity contribution in [2.75, 3.05) is 10.6 Å². The number of aryl methyl sites for hydroxylation is 1. The van der Waals surface area contributed by atoms with Crippen LogP contribution in [0.15, 0.2) is 46.9 Å². The van der Waals surface area contributed by atoms with E-state index in [0.29, 0.717) is 10.2 Å². The summed E-state index contributed by atoms with van der Waals surface area (Å²) in [6.45, 7) is 0. The molecule has 2 nitrogen and oxygen atoms in total. The molecule has 2 aromatic rings. The summed E-state index contributed by atoms with van der Waals surface area (Å²) in [6, 6.07) is 11.7. The third-order valence-electron chi connectivity index (χ3n) is 2.96. The summed E-state index contributed by atoms with van der Waals surface area (Å²) in [4.78, 5) is 12.2. The van der Waals surface area contributed by atoms with Crippen molar-refractivity contribution in [3.8, 4) is 0 Å². The van der Waals surface area contributed by atoms with Gasteiger partial charge in [0.15, 0.2) is 0 Å². The van der Waals surface area contributed by atoms with E-state index in [0.717, 1.165) is 23.7 Å². The van der Waals surface area contributed by atoms with E-state index in [-0.39, 0.29) is 11.5 Å². The summed E-state index contributed by atoms with van der Waals surface area (Å²) >= 11 is 6.66. The number of anilines is 1. The van der Waals surface area contributed by atoms with Crippen LogP contribution in [0, 0.1) is 5.82 Å². The maximum absolute atomic E-state index is 13.2. The number of nitrogens with one attached hydrogen (secondary N) is 1. The SMILES string of the molecule is O=C(Nc1cccc(CCCBr)c1)c1cc(F)ccc1Br. The van der Waals surface area contributed by atoms with E-state index in [9.17, 15) is 9.18 Å². The Morgan fingerprint density at radius 1 is 1.19 bits per heavy atom. The van der Waals surface area contributed by atoms with Crippen molar-refractivity contribution >= 4 is 43.5 Å². The van der Waals surface area contributed by atoms with E-state index >= 15 is 0 Å². The lowest BCUT2D eigenvalue weighted by Gasteiger charge is -2.08. The molecule has 0 unspecified atom stereocenters. The van der Waals surface area contributed by atoms with Gasteiger partial charge in [-0.3, -0.25) is 4.79 Å². The van der Waals surface area contributed by atoms with E-state index in [2.05, 4.69) is 37.2 Å². The highest BCUT2D eigenvalue weighted by Crippen LogP contribution is 2.20. The molecule has 0 heterocycles. The Kier molecular flexibility index (Phi) is 5.94. The average Bonchev–Trinajstić information content (AvgIpc) is 2.48. The van der Waals surface area contributed by atoms with Gasteiger partial charge >= 0.3 is 0 Å². The first-order chi connectivity index (χ1) is 10.1. The molecule has 1 amide bonds. The lowest BCUT2D eigenvalue weighted by molar-refractivity contribution is 0.102. The largest absolute Gasteiger partial charge is 0.322 e. The van der Waals surface area contributed by atoms with Crippen molar-refractivity contribution in [1.82, 2.24) is 0 Å². The molecule has 0 bridgehead atoms. The number of amides is 1. The number of benzene rings is 2. The fourth-order valence-corrected chi connectivity index (χ4v) is 2.65. The van der Waals surface area contributed by atoms with E-state index in [1.54, 1.807) is 0 Å². The minimum absolute atomic E-state index is 0.279. The molecule has 0 aliphatic rings. The van der Waals surface area contributed by atoms with Gasteiger partial charge < -0.3 is 5.32 Å². The molecule has 0 radical (unpaired) electrons. The van der Waals surface area contributed by atoms with Gasteiger partial charge in [-0.1, -0.05) is 28.1 Å². The second kappa shape index (κ2) is 7.71. The summed E-state index contributed by atoms with van der Waals surface area (Å²) in [6.07, 6.45) is 1.98. The van der Waals surface area contributed by atoms with Gasteiger partial charge in [0, 0.05) is 15.5 Å². The highest BCUT2D eigenvalue weighted by molar-refractivity contribution is 9.10. The van der Waals surface area contributed by atoms with Gasteiger partial charge in [-0.2, -0.15) is 0 Å². The molecule has 2 rings (SSSR count). The summed E-state index contributed by atoms with van der Waals surface area (Å²) in [5, 5.41) is 3.74. The number of hydrogen-bond acceptors (Lipinski definition) is 1. The van der Waals surface area contributed by atoms with Crippen molar-refractivity contribution in [1.29, 1.82) is 0 Å². The Morgan fingerprint density at radius 2 is 2.00 bits per heavy atom. The molecule has 0 aliphatic heterocycles. The monoisotopic (exact) mass is 413 g/mol. The Hall–Kier alpha value is -1.20. The van der Waals surface area contributed by atoms with Crippen LogP contribution in [-0.2, 0) is 6.42 Å². The van der Waals surface area contributed by atoms with Gasteiger partial charge in [0.2, 0.25) is 0 Å². The smallest absolute Gasteiger partial charge is 0.256 e. The first-order valence-corrected chi connectivity index (χ1v) is 8.43. The molecule has 0 spiro atoms. The van der Waals surface area contributed by atoms with Crippen LogP contribution >= 0.6 is 31.9 Å². The molecule has 21 heavy (non-hydrogen) atoms. The maximum atomic E-state index is 13.2. The van der Waals surface area contributed by atoms with Crippen LogP contribution in [-0.4, -0.2) is 11.2 Å². The zero-order valence-corrected chi connectivity index (χ0v) is 14.4. The Bertz CT molecular complexity index is 646. The van der Waals surface area contributed by atoms with E-state index in [1.165, 1.54) is 18.2 Å². The third-order valence-corrected chi connectivity index (χ3v) is 4.21. The second-order valence-electron chi connectivity index (χ2n) is 4.57. The summed E-state index contributed by atoms with van der Waals surface area (Å²) in [5.74, 6) is -0.770. The van der Waals surface area contributed by atoms with Crippen LogP contribution in [0.5, 0.6) is 0 Å². The average molecular weight is 415 g/mol. The van der Waals surface area contributed by atoms with Crippen molar-refractivity contribution in [3.63, 3.8) is 0 Å². The minimum Gasteiger partial charge on any atom is -0.322 e. The normalized spacial score (nSPS) is 10.4. The van der Waals surface area contributed by atoms with Gasteiger partial charge in [0.25, 0.3) is 5.91 Å². The van der Waals surface area contributed by atoms with Crippen LogP contribution in [0.2, 0.25) is 0 Å². The lowest BCUT2D eigenvalue weighted by atomic mass is 10.1. The Balaban J connectivity index is 2.14. The Morgan fingerprint density at radius 3 is 2.76 bits per heavy atom. The van der Waals surface area contributed by atoms with Crippen LogP contribution in [0.25, 0.3) is 0 Å². The number of carbonyl (C=O) groups is 1. The quantitative estimate of drug-likeness (QED) is 0.672. The molecule has 0 aliphatic carbocycles. The third kappa shape index (κ3) is 4.64. The summed E-state index contributed by atoms with van der Waals surface area (Å²) in [7, 11) is 0. The van der Waals surface area contributed by atoms with E-state index in [1.807, 2.05) is 24.3 Å². The highest BCUT2D eigenvalue weighted by atomic mass is 79.9. The van der Waals surface area contributed by atoms with Crippen LogP contribution in [0.1, 0.15) is 22.3 Å². The van der Waals surface area contributed by atoms with Gasteiger partial charge in [-0.25, -0.2) is 4.39 Å². The molecule has 1 N–H and O–H groups in total. The zero-order chi connectivity index (χ0) is 15.2. The van der Waals surface area contributed by atoms with Gasteiger partial charge in [0.05, 0.1) is 5.56 Å². The van der Waals surface area contributed by atoms with E-state index < -0.39 is 5.82 Å². The first-order valence-electron chi connectivity index (χ1n) is 6.51. The van der Waals surface area contributed by atoms with Crippen molar-refractivity contribution in [2.45, 2.75) is 12.8 Å². The van der Waals surface area contributed by atoms with Crippen molar-refractivity contribution in [2.24, 2.45) is 0 Å². The topological polar surface area (TPSA) is 29.1 Å². The molecule has 0 fully saturated rings. The molecule has 0 saturated heterocycles. The number of halogens is 3. The number of hydrogen-bond donors (Lipinski definition) is 1. The van der Waals surface area contributed by atoms with Gasteiger partial charge in [-0.15, -0.1) is 0 Å². The molecular formula is C16H14Br2FNO. The second-order valence-corrected chi connectivity index (χ2v) is 6.22. The van der Waals surface area contributed by atoms with Gasteiger partial charge in [0.1, 0.15) is 5.82 Å². The molecule has 110 valence electrons. The Labute approximate surface area is 140 Å². The number of rotatable bonds is 5. The minimum atomic E-state index is -0.436. The molecule has 0 saturated carbocycles.